The Morgan fingerprint density at radius 1 is 1.05 bits per heavy atom. The molecule has 0 radical (unpaired) electrons. The van der Waals surface area contributed by atoms with E-state index in [2.05, 4.69) is 41.4 Å². The van der Waals surface area contributed by atoms with E-state index in [4.69, 9.17) is 0 Å². The van der Waals surface area contributed by atoms with Crippen LogP contribution in [0.15, 0.2) is 48.5 Å². The van der Waals surface area contributed by atoms with Crippen molar-refractivity contribution in [2.75, 3.05) is 25.5 Å². The average molecular weight is 286 g/mol. The lowest BCUT2D eigenvalue weighted by atomic mass is 9.98. The molecule has 0 spiro atoms. The fourth-order valence-corrected chi connectivity index (χ4v) is 2.35. The van der Waals surface area contributed by atoms with Gasteiger partial charge in [0.1, 0.15) is 5.82 Å². The molecule has 0 aliphatic rings. The molecule has 112 valence electrons. The minimum absolute atomic E-state index is 0.0884. The molecule has 2 aromatic rings. The second-order valence-corrected chi connectivity index (χ2v) is 5.43. The number of hydrogen-bond donors (Lipinski definition) is 1. The summed E-state index contributed by atoms with van der Waals surface area (Å²) in [5.41, 5.74) is 3.44. The molecular weight excluding hydrogens is 263 g/mol. The molecule has 0 bridgehead atoms. The summed E-state index contributed by atoms with van der Waals surface area (Å²) in [5.74, 6) is -0.199. The zero-order valence-corrected chi connectivity index (χ0v) is 12.9. The van der Waals surface area contributed by atoms with Gasteiger partial charge in [0, 0.05) is 19.8 Å². The molecule has 0 heterocycles. The van der Waals surface area contributed by atoms with E-state index in [-0.39, 0.29) is 11.9 Å². The highest BCUT2D eigenvalue weighted by molar-refractivity contribution is 5.49. The number of rotatable bonds is 6. The summed E-state index contributed by atoms with van der Waals surface area (Å²) in [6, 6.07) is 15.3. The Balaban J connectivity index is 2.35. The summed E-state index contributed by atoms with van der Waals surface area (Å²) in [6.45, 7) is 3.07. The van der Waals surface area contributed by atoms with Gasteiger partial charge < -0.3 is 10.2 Å². The number of benzene rings is 2. The largest absolute Gasteiger partial charge is 0.378 e. The minimum Gasteiger partial charge on any atom is -0.378 e. The van der Waals surface area contributed by atoms with Crippen LogP contribution in [0.5, 0.6) is 0 Å². The van der Waals surface area contributed by atoms with Crippen molar-refractivity contribution in [1.29, 1.82) is 0 Å². The van der Waals surface area contributed by atoms with E-state index in [0.717, 1.165) is 24.2 Å². The van der Waals surface area contributed by atoms with E-state index in [0.29, 0.717) is 0 Å². The third kappa shape index (κ3) is 4.05. The normalized spacial score (nSPS) is 12.2. The standard InChI is InChI=1S/C18H23FN2/c1-4-12-20-18(14-8-10-16(19)11-9-14)15-6-5-7-17(13-15)21(2)3/h5-11,13,18,20H,4,12H2,1-3H3. The number of halogens is 1. The van der Waals surface area contributed by atoms with Gasteiger partial charge in [0.25, 0.3) is 0 Å². The van der Waals surface area contributed by atoms with E-state index in [1.165, 1.54) is 17.7 Å². The van der Waals surface area contributed by atoms with Crippen molar-refractivity contribution in [3.63, 3.8) is 0 Å². The van der Waals surface area contributed by atoms with Crippen molar-refractivity contribution >= 4 is 5.69 Å². The Labute approximate surface area is 126 Å². The molecule has 0 aromatic heterocycles. The van der Waals surface area contributed by atoms with Crippen LogP contribution >= 0.6 is 0 Å². The fraction of sp³-hybridized carbons (Fsp3) is 0.333. The predicted octanol–water partition coefficient (Wildman–Crippen LogP) is 3.98. The first-order valence-electron chi connectivity index (χ1n) is 7.38. The fourth-order valence-electron chi connectivity index (χ4n) is 2.35. The summed E-state index contributed by atoms with van der Waals surface area (Å²) >= 11 is 0. The summed E-state index contributed by atoms with van der Waals surface area (Å²) in [5, 5.41) is 3.55. The van der Waals surface area contributed by atoms with Crippen molar-refractivity contribution in [2.45, 2.75) is 19.4 Å². The van der Waals surface area contributed by atoms with Gasteiger partial charge in [0.05, 0.1) is 6.04 Å². The van der Waals surface area contributed by atoms with Crippen LogP contribution in [0.4, 0.5) is 10.1 Å². The third-order valence-electron chi connectivity index (χ3n) is 3.52. The van der Waals surface area contributed by atoms with Crippen LogP contribution in [-0.2, 0) is 0 Å². The van der Waals surface area contributed by atoms with E-state index >= 15 is 0 Å². The van der Waals surface area contributed by atoms with E-state index < -0.39 is 0 Å². The monoisotopic (exact) mass is 286 g/mol. The maximum atomic E-state index is 13.1. The lowest BCUT2D eigenvalue weighted by Crippen LogP contribution is -2.23. The first-order chi connectivity index (χ1) is 10.1. The number of anilines is 1. The second kappa shape index (κ2) is 7.23. The molecule has 1 atom stereocenters. The van der Waals surface area contributed by atoms with Gasteiger partial charge in [0.15, 0.2) is 0 Å². The SMILES string of the molecule is CCCNC(c1ccc(F)cc1)c1cccc(N(C)C)c1. The smallest absolute Gasteiger partial charge is 0.123 e. The Morgan fingerprint density at radius 2 is 1.76 bits per heavy atom. The van der Waals surface area contributed by atoms with Crippen LogP contribution in [0.2, 0.25) is 0 Å². The molecule has 0 aliphatic carbocycles. The quantitative estimate of drug-likeness (QED) is 0.864. The van der Waals surface area contributed by atoms with Gasteiger partial charge in [0.2, 0.25) is 0 Å². The molecule has 1 N–H and O–H groups in total. The van der Waals surface area contributed by atoms with Crippen molar-refractivity contribution in [3.05, 3.63) is 65.5 Å². The molecule has 0 saturated heterocycles. The topological polar surface area (TPSA) is 15.3 Å². The van der Waals surface area contributed by atoms with Gasteiger partial charge in [-0.1, -0.05) is 31.2 Å². The minimum atomic E-state index is -0.199. The Morgan fingerprint density at radius 3 is 2.38 bits per heavy atom. The summed E-state index contributed by atoms with van der Waals surface area (Å²) in [6.07, 6.45) is 1.06. The van der Waals surface area contributed by atoms with Gasteiger partial charge in [-0.2, -0.15) is 0 Å². The number of nitrogens with one attached hydrogen (secondary N) is 1. The molecular formula is C18H23FN2. The maximum absolute atomic E-state index is 13.1. The van der Waals surface area contributed by atoms with Crippen molar-refractivity contribution < 1.29 is 4.39 Å². The molecule has 2 rings (SSSR count). The summed E-state index contributed by atoms with van der Waals surface area (Å²) in [7, 11) is 4.07. The van der Waals surface area contributed by atoms with Gasteiger partial charge >= 0.3 is 0 Å². The maximum Gasteiger partial charge on any atom is 0.123 e. The van der Waals surface area contributed by atoms with Crippen LogP contribution in [0.25, 0.3) is 0 Å². The van der Waals surface area contributed by atoms with Crippen molar-refractivity contribution in [1.82, 2.24) is 5.32 Å². The summed E-state index contributed by atoms with van der Waals surface area (Å²) in [4.78, 5) is 2.09. The first-order valence-corrected chi connectivity index (χ1v) is 7.38. The highest BCUT2D eigenvalue weighted by atomic mass is 19.1. The highest BCUT2D eigenvalue weighted by Gasteiger charge is 2.14. The first kappa shape index (κ1) is 15.5. The molecule has 0 fully saturated rings. The molecule has 2 aromatic carbocycles. The van der Waals surface area contributed by atoms with Crippen LogP contribution in [-0.4, -0.2) is 20.6 Å². The van der Waals surface area contributed by atoms with Crippen molar-refractivity contribution in [2.24, 2.45) is 0 Å². The van der Waals surface area contributed by atoms with Crippen LogP contribution in [0.1, 0.15) is 30.5 Å². The van der Waals surface area contributed by atoms with Crippen LogP contribution in [0.3, 0.4) is 0 Å². The Bertz CT molecular complexity index is 564. The van der Waals surface area contributed by atoms with E-state index in [9.17, 15) is 4.39 Å². The van der Waals surface area contributed by atoms with Crippen LogP contribution in [0, 0.1) is 5.82 Å². The lowest BCUT2D eigenvalue weighted by Gasteiger charge is -2.22. The second-order valence-electron chi connectivity index (χ2n) is 5.43. The molecule has 3 heteroatoms. The van der Waals surface area contributed by atoms with Crippen LogP contribution < -0.4 is 10.2 Å². The number of hydrogen-bond acceptors (Lipinski definition) is 2. The zero-order chi connectivity index (χ0) is 15.2. The summed E-state index contributed by atoms with van der Waals surface area (Å²) < 4.78 is 13.1. The van der Waals surface area contributed by atoms with E-state index in [1.54, 1.807) is 0 Å². The highest BCUT2D eigenvalue weighted by Crippen LogP contribution is 2.25. The molecule has 0 saturated carbocycles. The van der Waals surface area contributed by atoms with Gasteiger partial charge in [-0.15, -0.1) is 0 Å². The number of nitrogens with zero attached hydrogens (tertiary/aromatic N) is 1. The molecule has 2 nitrogen and oxygen atoms in total. The molecule has 21 heavy (non-hydrogen) atoms. The van der Waals surface area contributed by atoms with E-state index in [1.807, 2.05) is 26.2 Å². The van der Waals surface area contributed by atoms with Crippen molar-refractivity contribution in [3.8, 4) is 0 Å². The predicted molar refractivity (Wildman–Crippen MR) is 87.3 cm³/mol. The molecule has 0 aliphatic heterocycles. The molecule has 1 unspecified atom stereocenters. The lowest BCUT2D eigenvalue weighted by molar-refractivity contribution is 0.593. The molecule has 0 amide bonds. The Kier molecular flexibility index (Phi) is 5.34. The average Bonchev–Trinajstić information content (AvgIpc) is 2.49. The van der Waals surface area contributed by atoms with Gasteiger partial charge in [-0.05, 0) is 48.4 Å². The zero-order valence-electron chi connectivity index (χ0n) is 12.9. The van der Waals surface area contributed by atoms with Gasteiger partial charge in [-0.3, -0.25) is 0 Å². The Hall–Kier alpha value is -1.87. The third-order valence-corrected chi connectivity index (χ3v) is 3.52. The van der Waals surface area contributed by atoms with Gasteiger partial charge in [-0.25, -0.2) is 4.39 Å².